The zero-order valence-corrected chi connectivity index (χ0v) is 10.2. The number of aromatic nitrogens is 1. The van der Waals surface area contributed by atoms with Crippen molar-refractivity contribution in [1.82, 2.24) is 4.98 Å². The van der Waals surface area contributed by atoms with E-state index in [1.807, 2.05) is 0 Å². The molecule has 1 aliphatic heterocycles. The fourth-order valence-corrected chi connectivity index (χ4v) is 2.41. The van der Waals surface area contributed by atoms with E-state index in [2.05, 4.69) is 22.0 Å². The quantitative estimate of drug-likeness (QED) is 0.774. The Bertz CT molecular complexity index is 625. The molecule has 2 heterocycles. The zero-order chi connectivity index (χ0) is 13.5. The predicted octanol–water partition coefficient (Wildman–Crippen LogP) is 3.95. The molecule has 2 nitrogen and oxygen atoms in total. The first-order valence-corrected chi connectivity index (χ1v) is 6.14. The monoisotopic (exact) mass is 266 g/mol. The molecular weight excluding hydrogens is 253 g/mol. The fraction of sp³-hybridized carbons (Fsp3) is 0.286. The fourth-order valence-electron chi connectivity index (χ4n) is 2.41. The van der Waals surface area contributed by atoms with Crippen LogP contribution in [0.2, 0.25) is 0 Å². The summed E-state index contributed by atoms with van der Waals surface area (Å²) in [5.74, 6) is 0. The summed E-state index contributed by atoms with van der Waals surface area (Å²) in [6, 6.07) is 3.85. The minimum atomic E-state index is -4.30. The second-order valence-corrected chi connectivity index (χ2v) is 4.64. The first-order chi connectivity index (χ1) is 9.05. The van der Waals surface area contributed by atoms with Gasteiger partial charge in [-0.05, 0) is 18.6 Å². The summed E-state index contributed by atoms with van der Waals surface area (Å²) in [5, 5.41) is 0.836. The van der Waals surface area contributed by atoms with Gasteiger partial charge in [0.25, 0.3) is 0 Å². The van der Waals surface area contributed by atoms with E-state index in [4.69, 9.17) is 0 Å². The van der Waals surface area contributed by atoms with E-state index in [1.54, 1.807) is 12.3 Å². The summed E-state index contributed by atoms with van der Waals surface area (Å²) in [5.41, 5.74) is 0.874. The highest BCUT2D eigenvalue weighted by Gasteiger charge is 2.30. The minimum absolute atomic E-state index is 0.527. The van der Waals surface area contributed by atoms with Gasteiger partial charge < -0.3 is 9.88 Å². The summed E-state index contributed by atoms with van der Waals surface area (Å²) in [7, 11) is 0. The largest absolute Gasteiger partial charge is 0.416 e. The normalized spacial score (nSPS) is 16.3. The molecule has 2 aromatic rings. The highest BCUT2D eigenvalue weighted by atomic mass is 19.4. The van der Waals surface area contributed by atoms with Crippen LogP contribution < -0.4 is 4.90 Å². The van der Waals surface area contributed by atoms with Gasteiger partial charge in [-0.3, -0.25) is 0 Å². The molecule has 0 unspecified atom stereocenters. The number of alkyl halides is 3. The number of nitrogens with one attached hydrogen (secondary N) is 1. The van der Waals surface area contributed by atoms with Crippen LogP contribution in [0.15, 0.2) is 36.5 Å². The zero-order valence-electron chi connectivity index (χ0n) is 10.2. The Kier molecular flexibility index (Phi) is 2.77. The van der Waals surface area contributed by atoms with Gasteiger partial charge in [0.05, 0.1) is 11.3 Å². The van der Waals surface area contributed by atoms with E-state index >= 15 is 0 Å². The van der Waals surface area contributed by atoms with Crippen molar-refractivity contribution >= 4 is 16.6 Å². The molecule has 1 aromatic carbocycles. The van der Waals surface area contributed by atoms with Gasteiger partial charge in [0.2, 0.25) is 0 Å². The van der Waals surface area contributed by atoms with E-state index in [-0.39, 0.29) is 0 Å². The van der Waals surface area contributed by atoms with Gasteiger partial charge in [0.15, 0.2) is 0 Å². The molecule has 1 aromatic heterocycles. The van der Waals surface area contributed by atoms with Crippen molar-refractivity contribution in [1.29, 1.82) is 0 Å². The van der Waals surface area contributed by atoms with Gasteiger partial charge in [0.1, 0.15) is 0 Å². The number of hydrogen-bond acceptors (Lipinski definition) is 1. The van der Waals surface area contributed by atoms with Crippen molar-refractivity contribution < 1.29 is 13.2 Å². The van der Waals surface area contributed by atoms with Crippen LogP contribution in [0.5, 0.6) is 0 Å². The lowest BCUT2D eigenvalue weighted by Gasteiger charge is -2.24. The molecule has 0 atom stereocenters. The number of halogens is 3. The summed E-state index contributed by atoms with van der Waals surface area (Å²) in [6.07, 6.45) is 2.64. The summed E-state index contributed by atoms with van der Waals surface area (Å²) < 4.78 is 37.9. The van der Waals surface area contributed by atoms with E-state index in [0.29, 0.717) is 5.52 Å². The Balaban J connectivity index is 2.02. The molecule has 1 N–H and O–H groups in total. The molecular formula is C14H13F3N2. The third kappa shape index (κ3) is 2.20. The van der Waals surface area contributed by atoms with Gasteiger partial charge in [-0.1, -0.05) is 18.2 Å². The Labute approximate surface area is 108 Å². The second kappa shape index (κ2) is 4.33. The van der Waals surface area contributed by atoms with Crippen LogP contribution in [-0.4, -0.2) is 18.1 Å². The standard InChI is InChI=1S/C14H13F3N2/c15-14(16,17)10-4-5-11-12(8-10)18-9-13(11)19-6-2-1-3-7-19/h1-2,4-5,8-9,18H,3,6-7H2. The lowest BCUT2D eigenvalue weighted by atomic mass is 10.1. The van der Waals surface area contributed by atoms with Crippen molar-refractivity contribution in [2.45, 2.75) is 12.6 Å². The van der Waals surface area contributed by atoms with Gasteiger partial charge in [-0.15, -0.1) is 0 Å². The SMILES string of the molecule is FC(F)(F)c1ccc2c(N3CC=CCC3)c[nH]c2c1. The number of fused-ring (bicyclic) bond motifs is 1. The van der Waals surface area contributed by atoms with Crippen molar-refractivity contribution in [3.8, 4) is 0 Å². The molecule has 5 heteroatoms. The smallest absolute Gasteiger partial charge is 0.366 e. The van der Waals surface area contributed by atoms with Crippen molar-refractivity contribution in [2.24, 2.45) is 0 Å². The van der Waals surface area contributed by atoms with Crippen LogP contribution in [0.3, 0.4) is 0 Å². The number of aromatic amines is 1. The Morgan fingerprint density at radius 2 is 2.00 bits per heavy atom. The average Bonchev–Trinajstić information content (AvgIpc) is 2.81. The third-order valence-corrected chi connectivity index (χ3v) is 3.39. The lowest BCUT2D eigenvalue weighted by molar-refractivity contribution is -0.137. The van der Waals surface area contributed by atoms with Gasteiger partial charge in [-0.25, -0.2) is 0 Å². The van der Waals surface area contributed by atoms with Crippen LogP contribution in [0.25, 0.3) is 10.9 Å². The predicted molar refractivity (Wildman–Crippen MR) is 69.3 cm³/mol. The molecule has 0 radical (unpaired) electrons. The van der Waals surface area contributed by atoms with Gasteiger partial charge >= 0.3 is 6.18 Å². The third-order valence-electron chi connectivity index (χ3n) is 3.39. The summed E-state index contributed by atoms with van der Waals surface area (Å²) in [4.78, 5) is 5.09. The maximum Gasteiger partial charge on any atom is 0.416 e. The van der Waals surface area contributed by atoms with Crippen LogP contribution in [0.4, 0.5) is 18.9 Å². The number of rotatable bonds is 1. The highest BCUT2D eigenvalue weighted by Crippen LogP contribution is 2.34. The molecule has 100 valence electrons. The van der Waals surface area contributed by atoms with Gasteiger partial charge in [-0.2, -0.15) is 13.2 Å². The van der Waals surface area contributed by atoms with E-state index in [9.17, 15) is 13.2 Å². The Morgan fingerprint density at radius 3 is 2.68 bits per heavy atom. The average molecular weight is 266 g/mol. The molecule has 0 aliphatic carbocycles. The molecule has 1 aliphatic rings. The maximum atomic E-state index is 12.6. The molecule has 19 heavy (non-hydrogen) atoms. The number of H-pyrrole nitrogens is 1. The van der Waals surface area contributed by atoms with E-state index in [0.717, 1.165) is 36.7 Å². The van der Waals surface area contributed by atoms with Crippen LogP contribution >= 0.6 is 0 Å². The minimum Gasteiger partial charge on any atom is -0.366 e. The van der Waals surface area contributed by atoms with Crippen molar-refractivity contribution in [3.63, 3.8) is 0 Å². The number of hydrogen-bond donors (Lipinski definition) is 1. The number of benzene rings is 1. The van der Waals surface area contributed by atoms with Crippen LogP contribution in [0, 0.1) is 0 Å². The van der Waals surface area contributed by atoms with Gasteiger partial charge in [0, 0.05) is 30.2 Å². The number of anilines is 1. The molecule has 0 saturated heterocycles. The Hall–Kier alpha value is -1.91. The molecule has 0 amide bonds. The first kappa shape index (κ1) is 12.1. The van der Waals surface area contributed by atoms with Crippen molar-refractivity contribution in [2.75, 3.05) is 18.0 Å². The summed E-state index contributed by atoms with van der Waals surface area (Å²) >= 11 is 0. The highest BCUT2D eigenvalue weighted by molar-refractivity contribution is 5.93. The maximum absolute atomic E-state index is 12.6. The summed E-state index contributed by atoms with van der Waals surface area (Å²) in [6.45, 7) is 1.69. The molecule has 0 fully saturated rings. The van der Waals surface area contributed by atoms with Crippen molar-refractivity contribution in [3.05, 3.63) is 42.1 Å². The van der Waals surface area contributed by atoms with E-state index < -0.39 is 11.7 Å². The molecule has 0 bridgehead atoms. The van der Waals surface area contributed by atoms with Crippen LogP contribution in [-0.2, 0) is 6.18 Å². The first-order valence-electron chi connectivity index (χ1n) is 6.14. The van der Waals surface area contributed by atoms with E-state index in [1.165, 1.54) is 6.07 Å². The number of nitrogens with zero attached hydrogens (tertiary/aromatic N) is 1. The topological polar surface area (TPSA) is 19.0 Å². The van der Waals surface area contributed by atoms with Crippen LogP contribution in [0.1, 0.15) is 12.0 Å². The Morgan fingerprint density at radius 1 is 1.16 bits per heavy atom. The molecule has 0 spiro atoms. The molecule has 0 saturated carbocycles. The second-order valence-electron chi connectivity index (χ2n) is 4.64. The molecule has 3 rings (SSSR count). The lowest BCUT2D eigenvalue weighted by Crippen LogP contribution is -2.26.